The van der Waals surface area contributed by atoms with Crippen LogP contribution in [0, 0.1) is 0 Å². The molecule has 0 saturated carbocycles. The van der Waals surface area contributed by atoms with Gasteiger partial charge in [0.25, 0.3) is 11.5 Å². The van der Waals surface area contributed by atoms with Crippen molar-refractivity contribution < 1.29 is 23.2 Å². The number of hydroxylamine groups is 1. The molecule has 31 heavy (non-hydrogen) atoms. The number of hydrogen-bond acceptors (Lipinski definition) is 6. The van der Waals surface area contributed by atoms with E-state index in [0.29, 0.717) is 5.56 Å². The second-order valence-electron chi connectivity index (χ2n) is 7.57. The van der Waals surface area contributed by atoms with Crippen molar-refractivity contribution in [2.24, 2.45) is 0 Å². The molecule has 164 valence electrons. The summed E-state index contributed by atoms with van der Waals surface area (Å²) < 4.78 is 28.9. The highest BCUT2D eigenvalue weighted by Gasteiger charge is 2.43. The average molecular weight is 445 g/mol. The first-order valence-electron chi connectivity index (χ1n) is 9.52. The van der Waals surface area contributed by atoms with E-state index in [0.717, 1.165) is 28.3 Å². The number of pyridine rings is 1. The Balaban J connectivity index is 1.89. The zero-order chi connectivity index (χ0) is 22.8. The minimum absolute atomic E-state index is 0.00891. The Hall–Kier alpha value is -3.17. The van der Waals surface area contributed by atoms with Crippen LogP contribution in [0.1, 0.15) is 13.3 Å². The van der Waals surface area contributed by atoms with Crippen LogP contribution in [0.2, 0.25) is 0 Å². The number of ether oxygens (including phenoxy) is 1. The van der Waals surface area contributed by atoms with E-state index in [9.17, 15) is 18.0 Å². The Morgan fingerprint density at radius 3 is 2.39 bits per heavy atom. The second-order valence-corrected chi connectivity index (χ2v) is 10.0. The number of aryl methyl sites for hydroxylation is 1. The van der Waals surface area contributed by atoms with Gasteiger partial charge in [0.05, 0.1) is 7.11 Å². The predicted molar refractivity (Wildman–Crippen MR) is 118 cm³/mol. The van der Waals surface area contributed by atoms with Crippen molar-refractivity contribution in [1.29, 1.82) is 0 Å². The Morgan fingerprint density at radius 2 is 1.77 bits per heavy atom. The number of aromatic nitrogens is 1. The molecule has 0 aliphatic carbocycles. The van der Waals surface area contributed by atoms with Gasteiger partial charge in [-0.25, -0.2) is 13.9 Å². The predicted octanol–water partition coefficient (Wildman–Crippen LogP) is 2.38. The summed E-state index contributed by atoms with van der Waals surface area (Å²) in [6, 6.07) is 14.8. The molecule has 8 nitrogen and oxygen atoms in total. The van der Waals surface area contributed by atoms with E-state index in [1.807, 2.05) is 36.4 Å². The lowest BCUT2D eigenvalue weighted by atomic mass is 10.0. The number of rotatable bonds is 7. The quantitative estimate of drug-likeness (QED) is 0.427. The largest absolute Gasteiger partial charge is 0.497 e. The van der Waals surface area contributed by atoms with Gasteiger partial charge in [-0.1, -0.05) is 18.2 Å². The van der Waals surface area contributed by atoms with Gasteiger partial charge in [0.15, 0.2) is 14.6 Å². The topological polar surface area (TPSA) is 115 Å². The van der Waals surface area contributed by atoms with Gasteiger partial charge in [-0.05, 0) is 59.5 Å². The second kappa shape index (κ2) is 8.52. The van der Waals surface area contributed by atoms with E-state index in [2.05, 4.69) is 0 Å². The lowest BCUT2D eigenvalue weighted by Gasteiger charge is -2.25. The minimum atomic E-state index is -3.83. The first-order valence-corrected chi connectivity index (χ1v) is 11.4. The maximum absolute atomic E-state index is 12.6. The third-order valence-corrected chi connectivity index (χ3v) is 7.63. The lowest BCUT2D eigenvalue weighted by molar-refractivity contribution is -0.131. The van der Waals surface area contributed by atoms with Crippen LogP contribution in [0.25, 0.3) is 21.9 Å². The van der Waals surface area contributed by atoms with Crippen LogP contribution < -0.4 is 15.8 Å². The summed E-state index contributed by atoms with van der Waals surface area (Å²) >= 11 is 0. The summed E-state index contributed by atoms with van der Waals surface area (Å²) in [5, 5.41) is 10.9. The number of benzene rings is 2. The summed E-state index contributed by atoms with van der Waals surface area (Å²) in [5.74, 6) is -0.299. The van der Waals surface area contributed by atoms with E-state index in [1.54, 1.807) is 19.4 Å². The molecule has 1 atom stereocenters. The molecule has 1 amide bonds. The van der Waals surface area contributed by atoms with Gasteiger partial charge in [0, 0.05) is 25.1 Å². The summed E-state index contributed by atoms with van der Waals surface area (Å²) in [6.45, 7) is 1.21. The maximum atomic E-state index is 12.6. The number of fused-ring (bicyclic) bond motifs is 1. The number of hydrogen-bond donors (Lipinski definition) is 2. The summed E-state index contributed by atoms with van der Waals surface area (Å²) in [4.78, 5) is 24.6. The van der Waals surface area contributed by atoms with Gasteiger partial charge in [-0.2, -0.15) is 0 Å². The Morgan fingerprint density at radius 1 is 1.10 bits per heavy atom. The first-order chi connectivity index (χ1) is 14.6. The molecular weight excluding hydrogens is 420 g/mol. The molecule has 9 heteroatoms. The van der Waals surface area contributed by atoms with Crippen molar-refractivity contribution in [1.82, 2.24) is 10.0 Å². The molecule has 0 bridgehead atoms. The van der Waals surface area contributed by atoms with Crippen LogP contribution in [0.3, 0.4) is 0 Å². The number of nitrogens with one attached hydrogen (secondary N) is 1. The molecule has 0 aliphatic heterocycles. The van der Waals surface area contributed by atoms with Gasteiger partial charge < -0.3 is 9.30 Å². The van der Waals surface area contributed by atoms with Crippen molar-refractivity contribution in [2.45, 2.75) is 24.6 Å². The molecule has 1 heterocycles. The monoisotopic (exact) mass is 444 g/mol. The van der Waals surface area contributed by atoms with Crippen molar-refractivity contribution >= 4 is 26.5 Å². The number of sulfone groups is 1. The summed E-state index contributed by atoms with van der Waals surface area (Å²) in [6.07, 6.45) is 2.31. The van der Waals surface area contributed by atoms with E-state index in [-0.39, 0.29) is 18.5 Å². The van der Waals surface area contributed by atoms with Crippen LogP contribution in [0.4, 0.5) is 0 Å². The SMILES string of the molecule is COc1ccc2ccc(-c3ccn(CCC(C)(C(=O)NO)S(C)(=O)=O)c(=O)c3)cc2c1. The fourth-order valence-corrected chi connectivity index (χ4v) is 4.17. The molecule has 0 fully saturated rings. The van der Waals surface area contributed by atoms with E-state index in [4.69, 9.17) is 9.94 Å². The van der Waals surface area contributed by atoms with Gasteiger partial charge in [-0.15, -0.1) is 0 Å². The molecule has 0 spiro atoms. The molecule has 1 aromatic heterocycles. The molecular formula is C22H24N2O6S. The Kier molecular flexibility index (Phi) is 6.19. The normalized spacial score (nSPS) is 13.5. The van der Waals surface area contributed by atoms with Gasteiger partial charge in [0.1, 0.15) is 5.75 Å². The number of methoxy groups -OCH3 is 1. The minimum Gasteiger partial charge on any atom is -0.497 e. The van der Waals surface area contributed by atoms with Crippen molar-refractivity contribution in [3.05, 3.63) is 65.1 Å². The summed E-state index contributed by atoms with van der Waals surface area (Å²) in [5.41, 5.74) is 2.64. The standard InChI is InChI=1S/C22H24N2O6S/c1-22(21(26)23-27,31(3,28)29)9-11-24-10-8-17(14-20(24)25)16-5-4-15-6-7-19(30-2)13-18(15)12-16/h4-8,10,12-14,27H,9,11H2,1-3H3,(H,23,26). The number of amides is 1. The highest BCUT2D eigenvalue weighted by molar-refractivity contribution is 7.92. The molecule has 0 saturated heterocycles. The number of nitrogens with zero attached hydrogens (tertiary/aromatic N) is 1. The van der Waals surface area contributed by atoms with Gasteiger partial charge in [-0.3, -0.25) is 14.8 Å². The van der Waals surface area contributed by atoms with Gasteiger partial charge >= 0.3 is 0 Å². The Bertz CT molecular complexity index is 1300. The molecule has 3 rings (SSSR count). The smallest absolute Gasteiger partial charge is 0.264 e. The third kappa shape index (κ3) is 4.47. The van der Waals surface area contributed by atoms with Crippen LogP contribution in [0.15, 0.2) is 59.5 Å². The highest BCUT2D eigenvalue weighted by atomic mass is 32.2. The van der Waals surface area contributed by atoms with Crippen LogP contribution in [-0.2, 0) is 21.2 Å². The number of carbonyl (C=O) groups is 1. The first kappa shape index (κ1) is 22.5. The van der Waals surface area contributed by atoms with Crippen LogP contribution in [0.5, 0.6) is 5.75 Å². The zero-order valence-corrected chi connectivity index (χ0v) is 18.3. The average Bonchev–Trinajstić information content (AvgIpc) is 2.75. The molecule has 0 aliphatic rings. The molecule has 2 N–H and O–H groups in total. The Labute approximate surface area is 180 Å². The van der Waals surface area contributed by atoms with Crippen molar-refractivity contribution in [2.75, 3.05) is 13.4 Å². The lowest BCUT2D eigenvalue weighted by Crippen LogP contribution is -2.49. The van der Waals surface area contributed by atoms with Gasteiger partial charge in [0.2, 0.25) is 0 Å². The molecule has 3 aromatic rings. The van der Waals surface area contributed by atoms with E-state index >= 15 is 0 Å². The zero-order valence-electron chi connectivity index (χ0n) is 17.5. The van der Waals surface area contributed by atoms with Crippen LogP contribution in [-0.4, -0.2) is 42.2 Å². The molecule has 0 radical (unpaired) electrons. The maximum Gasteiger partial charge on any atom is 0.264 e. The molecule has 1 unspecified atom stereocenters. The molecule has 2 aromatic carbocycles. The summed E-state index contributed by atoms with van der Waals surface area (Å²) in [7, 11) is -2.23. The highest BCUT2D eigenvalue weighted by Crippen LogP contribution is 2.27. The van der Waals surface area contributed by atoms with E-state index < -0.39 is 20.5 Å². The van der Waals surface area contributed by atoms with Crippen LogP contribution >= 0.6 is 0 Å². The van der Waals surface area contributed by atoms with Crippen molar-refractivity contribution in [3.8, 4) is 16.9 Å². The fraction of sp³-hybridized carbons (Fsp3) is 0.273. The van der Waals surface area contributed by atoms with Crippen molar-refractivity contribution in [3.63, 3.8) is 0 Å². The van der Waals surface area contributed by atoms with E-state index in [1.165, 1.54) is 23.0 Å². The number of carbonyl (C=O) groups excluding carboxylic acids is 1. The fourth-order valence-electron chi connectivity index (χ4n) is 3.32. The third-order valence-electron chi connectivity index (χ3n) is 5.61.